The zero-order chi connectivity index (χ0) is 11.1. The number of rotatable bonds is 3. The highest BCUT2D eigenvalue weighted by Crippen LogP contribution is 2.05. The van der Waals surface area contributed by atoms with Gasteiger partial charge in [0.1, 0.15) is 0 Å². The molecule has 0 saturated heterocycles. The fourth-order valence-corrected chi connectivity index (χ4v) is 1.22. The highest BCUT2D eigenvalue weighted by atomic mass is 16.4. The number of hydrogen-bond acceptors (Lipinski definition) is 1. The lowest BCUT2D eigenvalue weighted by molar-refractivity contribution is -0.136. The summed E-state index contributed by atoms with van der Waals surface area (Å²) in [6.45, 7) is 2.08. The van der Waals surface area contributed by atoms with Gasteiger partial charge in [0, 0.05) is 12.0 Å². The molecule has 0 saturated carbocycles. The second-order valence-corrected chi connectivity index (χ2v) is 3.32. The molecule has 1 N–H and O–H groups in total. The number of carbonyl (C=O) groups is 1. The standard InChI is InChI=1S/C13H14O2/c1-2-3-4-6-11-7-5-8-12(9-11)10-13(14)15/h5,7-9H,2-3,10H2,1H3,(H,14,15). The number of benzene rings is 1. The van der Waals surface area contributed by atoms with Gasteiger partial charge in [0.2, 0.25) is 0 Å². The van der Waals surface area contributed by atoms with E-state index in [2.05, 4.69) is 18.8 Å². The Hall–Kier alpha value is -1.75. The molecular formula is C13H14O2. The number of hydrogen-bond donors (Lipinski definition) is 1. The van der Waals surface area contributed by atoms with Crippen LogP contribution < -0.4 is 0 Å². The third-order valence-corrected chi connectivity index (χ3v) is 1.89. The van der Waals surface area contributed by atoms with Crippen molar-refractivity contribution in [1.82, 2.24) is 0 Å². The second-order valence-electron chi connectivity index (χ2n) is 3.32. The van der Waals surface area contributed by atoms with Gasteiger partial charge in [0.25, 0.3) is 0 Å². The number of carboxylic acid groups (broad SMARTS) is 1. The van der Waals surface area contributed by atoms with E-state index in [1.54, 1.807) is 6.07 Å². The summed E-state index contributed by atoms with van der Waals surface area (Å²) in [6, 6.07) is 7.37. The lowest BCUT2D eigenvalue weighted by Crippen LogP contribution is -1.99. The van der Waals surface area contributed by atoms with E-state index in [1.165, 1.54) is 0 Å². The Bertz CT molecular complexity index is 396. The van der Waals surface area contributed by atoms with Gasteiger partial charge in [0.15, 0.2) is 0 Å². The third-order valence-electron chi connectivity index (χ3n) is 1.89. The topological polar surface area (TPSA) is 37.3 Å². The van der Waals surface area contributed by atoms with Crippen LogP contribution >= 0.6 is 0 Å². The molecule has 0 fully saturated rings. The predicted molar refractivity (Wildman–Crippen MR) is 59.6 cm³/mol. The fourth-order valence-electron chi connectivity index (χ4n) is 1.22. The zero-order valence-corrected chi connectivity index (χ0v) is 8.79. The van der Waals surface area contributed by atoms with E-state index < -0.39 is 5.97 Å². The van der Waals surface area contributed by atoms with Gasteiger partial charge in [-0.25, -0.2) is 0 Å². The van der Waals surface area contributed by atoms with Gasteiger partial charge >= 0.3 is 5.97 Å². The van der Waals surface area contributed by atoms with Crippen LogP contribution in [-0.4, -0.2) is 11.1 Å². The molecule has 2 nitrogen and oxygen atoms in total. The first-order chi connectivity index (χ1) is 7.22. The van der Waals surface area contributed by atoms with Gasteiger partial charge < -0.3 is 5.11 Å². The van der Waals surface area contributed by atoms with Crippen LogP contribution in [0.5, 0.6) is 0 Å². The molecule has 0 unspecified atom stereocenters. The highest BCUT2D eigenvalue weighted by molar-refractivity contribution is 5.70. The summed E-state index contributed by atoms with van der Waals surface area (Å²) in [4.78, 5) is 10.5. The molecular weight excluding hydrogens is 188 g/mol. The molecule has 2 heteroatoms. The first-order valence-corrected chi connectivity index (χ1v) is 5.02. The van der Waals surface area contributed by atoms with Crippen LogP contribution in [-0.2, 0) is 11.2 Å². The van der Waals surface area contributed by atoms with Gasteiger partial charge in [-0.15, -0.1) is 0 Å². The minimum atomic E-state index is -0.811. The summed E-state index contributed by atoms with van der Waals surface area (Å²) in [5.41, 5.74) is 1.69. The summed E-state index contributed by atoms with van der Waals surface area (Å²) >= 11 is 0. The van der Waals surface area contributed by atoms with Crippen molar-refractivity contribution < 1.29 is 9.90 Å². The van der Waals surface area contributed by atoms with E-state index in [1.807, 2.05) is 18.2 Å². The summed E-state index contributed by atoms with van der Waals surface area (Å²) in [7, 11) is 0. The van der Waals surface area contributed by atoms with Gasteiger partial charge in [-0.3, -0.25) is 4.79 Å². The van der Waals surface area contributed by atoms with Crippen molar-refractivity contribution in [2.45, 2.75) is 26.2 Å². The van der Waals surface area contributed by atoms with Crippen LogP contribution in [0.1, 0.15) is 30.9 Å². The molecule has 0 amide bonds. The normalized spacial score (nSPS) is 9.13. The van der Waals surface area contributed by atoms with Crippen molar-refractivity contribution in [3.8, 4) is 11.8 Å². The molecule has 1 rings (SSSR count). The molecule has 0 radical (unpaired) electrons. The number of aliphatic carboxylic acids is 1. The minimum Gasteiger partial charge on any atom is -0.481 e. The van der Waals surface area contributed by atoms with E-state index in [9.17, 15) is 4.79 Å². The molecule has 0 aliphatic carbocycles. The Kier molecular flexibility index (Phi) is 4.43. The van der Waals surface area contributed by atoms with Crippen molar-refractivity contribution >= 4 is 5.97 Å². The quantitative estimate of drug-likeness (QED) is 0.764. The van der Waals surface area contributed by atoms with Crippen molar-refractivity contribution in [3.05, 3.63) is 35.4 Å². The highest BCUT2D eigenvalue weighted by Gasteiger charge is 1.99. The average Bonchev–Trinajstić information content (AvgIpc) is 2.18. The molecule has 0 spiro atoms. The van der Waals surface area contributed by atoms with E-state index >= 15 is 0 Å². The zero-order valence-electron chi connectivity index (χ0n) is 8.79. The van der Waals surface area contributed by atoms with Crippen LogP contribution in [0.15, 0.2) is 24.3 Å². The van der Waals surface area contributed by atoms with E-state index in [0.29, 0.717) is 0 Å². The molecule has 0 aliphatic rings. The Morgan fingerprint density at radius 3 is 2.93 bits per heavy atom. The first kappa shape index (κ1) is 11.3. The van der Waals surface area contributed by atoms with Crippen molar-refractivity contribution in [1.29, 1.82) is 0 Å². The first-order valence-electron chi connectivity index (χ1n) is 5.02. The molecule has 78 valence electrons. The van der Waals surface area contributed by atoms with Crippen molar-refractivity contribution in [2.75, 3.05) is 0 Å². The molecule has 0 atom stereocenters. The Labute approximate surface area is 89.9 Å². The lowest BCUT2D eigenvalue weighted by atomic mass is 10.1. The molecule has 0 aliphatic heterocycles. The maximum atomic E-state index is 10.5. The van der Waals surface area contributed by atoms with E-state index in [-0.39, 0.29) is 6.42 Å². The van der Waals surface area contributed by atoms with Crippen LogP contribution in [0, 0.1) is 11.8 Å². The third kappa shape index (κ3) is 4.33. The Morgan fingerprint density at radius 2 is 2.27 bits per heavy atom. The lowest BCUT2D eigenvalue weighted by Gasteiger charge is -1.97. The van der Waals surface area contributed by atoms with Crippen LogP contribution in [0.4, 0.5) is 0 Å². The summed E-state index contributed by atoms with van der Waals surface area (Å²) in [5.74, 6) is 5.24. The minimum absolute atomic E-state index is 0.0588. The molecule has 0 heterocycles. The molecule has 15 heavy (non-hydrogen) atoms. The number of carboxylic acids is 1. The summed E-state index contributed by atoms with van der Waals surface area (Å²) in [6.07, 6.45) is 1.98. The van der Waals surface area contributed by atoms with Gasteiger partial charge in [-0.05, 0) is 24.1 Å². The van der Waals surface area contributed by atoms with Crippen molar-refractivity contribution in [2.24, 2.45) is 0 Å². The summed E-state index contributed by atoms with van der Waals surface area (Å²) in [5, 5.41) is 8.64. The molecule has 1 aromatic carbocycles. The molecule has 0 bridgehead atoms. The average molecular weight is 202 g/mol. The number of unbranched alkanes of at least 4 members (excludes halogenated alkanes) is 1. The molecule has 1 aromatic rings. The maximum absolute atomic E-state index is 10.5. The smallest absolute Gasteiger partial charge is 0.307 e. The SMILES string of the molecule is CCCC#Cc1cccc(CC(=O)O)c1. The summed E-state index contributed by atoms with van der Waals surface area (Å²) < 4.78 is 0. The van der Waals surface area contributed by atoms with Crippen LogP contribution in [0.3, 0.4) is 0 Å². The fraction of sp³-hybridized carbons (Fsp3) is 0.308. The van der Waals surface area contributed by atoms with E-state index in [4.69, 9.17) is 5.11 Å². The van der Waals surface area contributed by atoms with Gasteiger partial charge in [0.05, 0.1) is 6.42 Å². The Morgan fingerprint density at radius 1 is 1.47 bits per heavy atom. The van der Waals surface area contributed by atoms with Gasteiger partial charge in [-0.2, -0.15) is 0 Å². The second kappa shape index (κ2) is 5.87. The van der Waals surface area contributed by atoms with Crippen LogP contribution in [0.25, 0.3) is 0 Å². The van der Waals surface area contributed by atoms with Crippen molar-refractivity contribution in [3.63, 3.8) is 0 Å². The predicted octanol–water partition coefficient (Wildman–Crippen LogP) is 2.47. The molecule has 0 aromatic heterocycles. The monoisotopic (exact) mass is 202 g/mol. The van der Waals surface area contributed by atoms with Gasteiger partial charge in [-0.1, -0.05) is 30.9 Å². The largest absolute Gasteiger partial charge is 0.481 e. The van der Waals surface area contributed by atoms with Crippen LogP contribution in [0.2, 0.25) is 0 Å². The maximum Gasteiger partial charge on any atom is 0.307 e. The Balaban J connectivity index is 2.75. The van der Waals surface area contributed by atoms with E-state index in [0.717, 1.165) is 24.0 Å².